The maximum absolute atomic E-state index is 9.78. The first-order valence-corrected chi connectivity index (χ1v) is 10.8. The van der Waals surface area contributed by atoms with E-state index in [0.717, 1.165) is 27.4 Å². The maximum atomic E-state index is 9.78. The van der Waals surface area contributed by atoms with E-state index in [1.54, 1.807) is 0 Å². The lowest BCUT2D eigenvalue weighted by Crippen LogP contribution is -1.95. The maximum Gasteiger partial charge on any atom is 0.115 e. The number of nitrogens with zero attached hydrogens (tertiary/aromatic N) is 2. The minimum absolute atomic E-state index is 0.595. The van der Waals surface area contributed by atoms with Crippen LogP contribution in [0.2, 0.25) is 0 Å². The van der Waals surface area contributed by atoms with Crippen molar-refractivity contribution in [3.63, 3.8) is 0 Å². The number of hydrogen-bond donors (Lipinski definition) is 0. The smallest absolute Gasteiger partial charge is 0.115 e. The van der Waals surface area contributed by atoms with Crippen LogP contribution in [-0.4, -0.2) is 10.7 Å². The largest absolute Gasteiger partial charge is 0.241 e. The molecule has 3 rings (SSSR count). The molecule has 0 fully saturated rings. The second-order valence-electron chi connectivity index (χ2n) is 7.02. The molecule has 1 heterocycles. The highest BCUT2D eigenvalue weighted by atomic mass is 32.2. The molecule has 30 heavy (non-hydrogen) atoms. The van der Waals surface area contributed by atoms with Gasteiger partial charge < -0.3 is 0 Å². The molecule has 0 saturated carbocycles. The van der Waals surface area contributed by atoms with Crippen LogP contribution >= 0.6 is 11.8 Å². The third-order valence-corrected chi connectivity index (χ3v) is 5.51. The van der Waals surface area contributed by atoms with Crippen LogP contribution in [0, 0.1) is 25.2 Å². The fourth-order valence-corrected chi connectivity index (χ4v) is 3.61. The molecule has 0 unspecified atom stereocenters. The van der Waals surface area contributed by atoms with Crippen molar-refractivity contribution < 1.29 is 0 Å². The predicted molar refractivity (Wildman–Crippen MR) is 130 cm³/mol. The number of thioether (sulfide) groups is 1. The highest BCUT2D eigenvalue weighted by molar-refractivity contribution is 7.99. The van der Waals surface area contributed by atoms with Crippen molar-refractivity contribution in [3.8, 4) is 6.07 Å². The molecule has 0 aliphatic rings. The zero-order valence-electron chi connectivity index (χ0n) is 17.3. The second kappa shape index (κ2) is 10.4. The van der Waals surface area contributed by atoms with Crippen molar-refractivity contribution in [2.45, 2.75) is 18.9 Å². The van der Waals surface area contributed by atoms with Gasteiger partial charge in [-0.3, -0.25) is 0 Å². The molecule has 148 valence electrons. The molecule has 3 heteroatoms. The van der Waals surface area contributed by atoms with Gasteiger partial charge in [-0.15, -0.1) is 18.3 Å². The van der Waals surface area contributed by atoms with Gasteiger partial charge in [0.05, 0.1) is 11.3 Å². The molecule has 0 N–H and O–H groups in total. The lowest BCUT2D eigenvalue weighted by Gasteiger charge is -2.07. The highest BCUT2D eigenvalue weighted by Crippen LogP contribution is 2.26. The van der Waals surface area contributed by atoms with Crippen LogP contribution < -0.4 is 0 Å². The minimum Gasteiger partial charge on any atom is -0.241 e. The van der Waals surface area contributed by atoms with Crippen LogP contribution in [-0.2, 0) is 0 Å². The summed E-state index contributed by atoms with van der Waals surface area (Å²) in [6.07, 6.45) is 9.89. The molecule has 0 saturated heterocycles. The summed E-state index contributed by atoms with van der Waals surface area (Å²) in [6, 6.07) is 21.0. The zero-order valence-corrected chi connectivity index (χ0v) is 18.1. The van der Waals surface area contributed by atoms with Crippen LogP contribution in [0.15, 0.2) is 72.3 Å². The number of pyridine rings is 1. The fourth-order valence-electron chi connectivity index (χ4n) is 2.85. The summed E-state index contributed by atoms with van der Waals surface area (Å²) in [5.41, 5.74) is 6.95. The van der Waals surface area contributed by atoms with E-state index in [2.05, 4.69) is 75.0 Å². The Bertz CT molecular complexity index is 1120. The molecule has 3 aromatic rings. The Labute approximate surface area is 183 Å². The van der Waals surface area contributed by atoms with Crippen molar-refractivity contribution in [1.29, 1.82) is 5.26 Å². The first kappa shape index (κ1) is 21.4. The molecule has 0 aliphatic heterocycles. The molecule has 0 radical (unpaired) electrons. The topological polar surface area (TPSA) is 36.7 Å². The van der Waals surface area contributed by atoms with E-state index in [0.29, 0.717) is 11.3 Å². The summed E-state index contributed by atoms with van der Waals surface area (Å²) in [5.74, 6) is 0.702. The second-order valence-corrected chi connectivity index (χ2v) is 8.02. The van der Waals surface area contributed by atoms with Gasteiger partial charge in [0, 0.05) is 5.75 Å². The Hall–Kier alpha value is -3.35. The third kappa shape index (κ3) is 5.83. The number of rotatable bonds is 7. The lowest BCUT2D eigenvalue weighted by atomic mass is 10.1. The Morgan fingerprint density at radius 2 is 1.47 bits per heavy atom. The van der Waals surface area contributed by atoms with Gasteiger partial charge in [-0.2, -0.15) is 5.26 Å². The monoisotopic (exact) mass is 408 g/mol. The van der Waals surface area contributed by atoms with E-state index < -0.39 is 0 Å². The van der Waals surface area contributed by atoms with Crippen LogP contribution in [0.4, 0.5) is 0 Å². The Morgan fingerprint density at radius 3 is 2.00 bits per heavy atom. The van der Waals surface area contributed by atoms with Crippen molar-refractivity contribution >= 4 is 36.1 Å². The molecule has 1 aromatic heterocycles. The molecule has 0 amide bonds. The van der Waals surface area contributed by atoms with Crippen LogP contribution in [0.5, 0.6) is 0 Å². The average Bonchev–Trinajstić information content (AvgIpc) is 2.76. The van der Waals surface area contributed by atoms with Crippen molar-refractivity contribution in [2.24, 2.45) is 0 Å². The van der Waals surface area contributed by atoms with Gasteiger partial charge >= 0.3 is 0 Å². The van der Waals surface area contributed by atoms with Crippen LogP contribution in [0.1, 0.15) is 39.1 Å². The summed E-state index contributed by atoms with van der Waals surface area (Å²) in [5, 5.41) is 10.5. The third-order valence-electron chi connectivity index (χ3n) is 4.54. The van der Waals surface area contributed by atoms with Crippen molar-refractivity contribution in [1.82, 2.24) is 4.98 Å². The Balaban J connectivity index is 1.99. The average molecular weight is 409 g/mol. The Morgan fingerprint density at radius 1 is 0.900 bits per heavy atom. The molecule has 0 aliphatic carbocycles. The molecule has 0 atom stereocenters. The lowest BCUT2D eigenvalue weighted by molar-refractivity contribution is 1.09. The van der Waals surface area contributed by atoms with Gasteiger partial charge in [-0.1, -0.05) is 84.0 Å². The molecule has 0 bridgehead atoms. The van der Waals surface area contributed by atoms with E-state index >= 15 is 0 Å². The number of hydrogen-bond acceptors (Lipinski definition) is 3. The van der Waals surface area contributed by atoms with E-state index in [-0.39, 0.29) is 0 Å². The summed E-state index contributed by atoms with van der Waals surface area (Å²) in [7, 11) is 0. The predicted octanol–water partition coefficient (Wildman–Crippen LogP) is 7.19. The summed E-state index contributed by atoms with van der Waals surface area (Å²) >= 11 is 1.53. The zero-order chi connectivity index (χ0) is 21.3. The van der Waals surface area contributed by atoms with Crippen LogP contribution in [0.3, 0.4) is 0 Å². The fraction of sp³-hybridized carbons (Fsp3) is 0.111. The van der Waals surface area contributed by atoms with Gasteiger partial charge in [0.15, 0.2) is 0 Å². The minimum atomic E-state index is 0.595. The quantitative estimate of drug-likeness (QED) is 0.307. The SMILES string of the molecule is C=CCSc1nc(/C=C/c2ccc(C)cc2)cc(C=Cc2ccc(C)cc2)c1C#N. The molecular weight excluding hydrogens is 384 g/mol. The standard InChI is InChI=1S/C27H24N2S/c1-4-17-30-27-26(19-28)24(15-13-22-9-5-20(2)6-10-22)18-25(29-27)16-14-23-11-7-21(3)8-12-23/h4-16,18H,1,17H2,2-3H3/b15-13?,16-14+. The van der Waals surface area contributed by atoms with E-state index in [1.165, 1.54) is 22.9 Å². The number of aromatic nitrogens is 1. The summed E-state index contributed by atoms with van der Waals surface area (Å²) in [4.78, 5) is 4.71. The van der Waals surface area contributed by atoms with E-state index in [1.807, 2.05) is 36.4 Å². The molecule has 2 aromatic carbocycles. The van der Waals surface area contributed by atoms with E-state index in [4.69, 9.17) is 4.98 Å². The van der Waals surface area contributed by atoms with Gasteiger partial charge in [0.2, 0.25) is 0 Å². The highest BCUT2D eigenvalue weighted by Gasteiger charge is 2.10. The van der Waals surface area contributed by atoms with Crippen molar-refractivity contribution in [2.75, 3.05) is 5.75 Å². The first-order chi connectivity index (χ1) is 14.6. The molecule has 2 nitrogen and oxygen atoms in total. The molecular formula is C27H24N2S. The summed E-state index contributed by atoms with van der Waals surface area (Å²) < 4.78 is 0. The van der Waals surface area contributed by atoms with Gasteiger partial charge in [-0.05, 0) is 42.7 Å². The Kier molecular flexibility index (Phi) is 7.43. The van der Waals surface area contributed by atoms with Gasteiger partial charge in [0.1, 0.15) is 11.1 Å². The number of benzene rings is 2. The van der Waals surface area contributed by atoms with Crippen LogP contribution in [0.25, 0.3) is 24.3 Å². The number of nitriles is 1. The van der Waals surface area contributed by atoms with Crippen molar-refractivity contribution in [3.05, 3.63) is 106 Å². The first-order valence-electron chi connectivity index (χ1n) is 9.77. The van der Waals surface area contributed by atoms with E-state index in [9.17, 15) is 5.26 Å². The van der Waals surface area contributed by atoms with Gasteiger partial charge in [-0.25, -0.2) is 4.98 Å². The number of aryl methyl sites for hydroxylation is 2. The molecule has 0 spiro atoms. The summed E-state index contributed by atoms with van der Waals surface area (Å²) in [6.45, 7) is 7.93. The normalized spacial score (nSPS) is 11.1. The van der Waals surface area contributed by atoms with Gasteiger partial charge in [0.25, 0.3) is 0 Å².